The van der Waals surface area contributed by atoms with Crippen molar-refractivity contribution in [2.45, 2.75) is 71.6 Å². The van der Waals surface area contributed by atoms with E-state index in [2.05, 4.69) is 36.1 Å². The first-order valence-corrected chi connectivity index (χ1v) is 10.8. The van der Waals surface area contributed by atoms with Gasteiger partial charge < -0.3 is 19.7 Å². The van der Waals surface area contributed by atoms with Gasteiger partial charge in [0.1, 0.15) is 0 Å². The van der Waals surface area contributed by atoms with Gasteiger partial charge in [-0.1, -0.05) is 0 Å². The number of aliphatic imine (C=N–C) groups is 1. The van der Waals surface area contributed by atoms with Crippen molar-refractivity contribution in [3.63, 3.8) is 0 Å². The molecule has 0 aromatic carbocycles. The van der Waals surface area contributed by atoms with Gasteiger partial charge in [0.2, 0.25) is 0 Å². The molecule has 3 rings (SSSR count). The number of hydrogen-bond acceptors (Lipinski definition) is 4. The molecule has 0 radical (unpaired) electrons. The van der Waals surface area contributed by atoms with Gasteiger partial charge in [0.05, 0.1) is 31.1 Å². The fraction of sp³-hybridized carbons (Fsp3) is 0.810. The number of nitrogens with zero attached hydrogens (tertiary/aromatic N) is 4. The maximum atomic E-state index is 6.15. The molecule has 3 heterocycles. The second-order valence-electron chi connectivity index (χ2n) is 7.95. The molecule has 28 heavy (non-hydrogen) atoms. The van der Waals surface area contributed by atoms with E-state index in [-0.39, 0.29) is 0 Å². The van der Waals surface area contributed by atoms with E-state index in [1.807, 2.05) is 11.7 Å². The van der Waals surface area contributed by atoms with Crippen LogP contribution in [0.4, 0.5) is 0 Å². The largest absolute Gasteiger partial charge is 0.376 e. The van der Waals surface area contributed by atoms with E-state index in [0.29, 0.717) is 18.8 Å². The van der Waals surface area contributed by atoms with Crippen LogP contribution in [0.5, 0.6) is 0 Å². The maximum Gasteiger partial charge on any atom is 0.194 e. The zero-order valence-corrected chi connectivity index (χ0v) is 18.0. The highest BCUT2D eigenvalue weighted by Crippen LogP contribution is 2.18. The Morgan fingerprint density at radius 1 is 1.25 bits per heavy atom. The lowest BCUT2D eigenvalue weighted by Crippen LogP contribution is -2.47. The summed E-state index contributed by atoms with van der Waals surface area (Å²) in [5, 5.41) is 7.96. The van der Waals surface area contributed by atoms with Crippen LogP contribution in [-0.4, -0.2) is 65.7 Å². The zero-order valence-electron chi connectivity index (χ0n) is 18.0. The maximum absolute atomic E-state index is 6.15. The molecule has 0 amide bonds. The van der Waals surface area contributed by atoms with Gasteiger partial charge in [-0.3, -0.25) is 4.68 Å². The Balaban J connectivity index is 1.50. The summed E-state index contributed by atoms with van der Waals surface area (Å²) in [6.07, 6.45) is 6.33. The van der Waals surface area contributed by atoms with Crippen LogP contribution in [0, 0.1) is 13.8 Å². The Bertz CT molecular complexity index is 643. The van der Waals surface area contributed by atoms with Crippen LogP contribution in [0.2, 0.25) is 0 Å². The summed E-state index contributed by atoms with van der Waals surface area (Å²) < 4.78 is 13.9. The standard InChI is InChI=1S/C21H37N5O2/c1-5-22-21(23-14-20-16(2)24-25(4)17(20)3)26-11-9-18(10-12-26)28-15-19-8-6-7-13-27-19/h18-19H,5-15H2,1-4H3,(H,22,23). The number of rotatable bonds is 6. The van der Waals surface area contributed by atoms with Crippen LogP contribution in [0.15, 0.2) is 4.99 Å². The molecule has 0 aliphatic carbocycles. The molecule has 2 aliphatic rings. The third-order valence-corrected chi connectivity index (χ3v) is 5.91. The van der Waals surface area contributed by atoms with Crippen LogP contribution in [0.3, 0.4) is 0 Å². The summed E-state index contributed by atoms with van der Waals surface area (Å²) in [6, 6.07) is 0. The van der Waals surface area contributed by atoms with Crippen molar-refractivity contribution in [1.82, 2.24) is 20.0 Å². The monoisotopic (exact) mass is 391 g/mol. The zero-order chi connectivity index (χ0) is 19.9. The summed E-state index contributed by atoms with van der Waals surface area (Å²) in [5.74, 6) is 0.999. The van der Waals surface area contributed by atoms with Gasteiger partial charge in [0, 0.05) is 44.5 Å². The van der Waals surface area contributed by atoms with Gasteiger partial charge in [0.25, 0.3) is 0 Å². The summed E-state index contributed by atoms with van der Waals surface area (Å²) in [6.45, 7) is 11.4. The van der Waals surface area contributed by atoms with Crippen molar-refractivity contribution in [1.29, 1.82) is 0 Å². The van der Waals surface area contributed by atoms with E-state index >= 15 is 0 Å². The average Bonchev–Trinajstić information content (AvgIpc) is 2.96. The third-order valence-electron chi connectivity index (χ3n) is 5.91. The van der Waals surface area contributed by atoms with E-state index in [9.17, 15) is 0 Å². The molecule has 158 valence electrons. The van der Waals surface area contributed by atoms with Crippen LogP contribution in [-0.2, 0) is 23.1 Å². The Hall–Kier alpha value is -1.60. The van der Waals surface area contributed by atoms with Crippen molar-refractivity contribution >= 4 is 5.96 Å². The average molecular weight is 392 g/mol. The Kier molecular flexibility index (Phi) is 7.73. The molecule has 1 aromatic heterocycles. The van der Waals surface area contributed by atoms with Crippen molar-refractivity contribution < 1.29 is 9.47 Å². The van der Waals surface area contributed by atoms with E-state index < -0.39 is 0 Å². The molecule has 0 spiro atoms. The molecule has 1 unspecified atom stereocenters. The third kappa shape index (κ3) is 5.47. The van der Waals surface area contributed by atoms with Crippen LogP contribution in [0.1, 0.15) is 56.0 Å². The number of piperidine rings is 1. The number of aryl methyl sites for hydroxylation is 2. The van der Waals surface area contributed by atoms with Crippen molar-refractivity contribution in [2.75, 3.05) is 32.8 Å². The minimum atomic E-state index is 0.302. The predicted octanol–water partition coefficient (Wildman–Crippen LogP) is 2.55. The molecule has 2 saturated heterocycles. The number of likely N-dealkylation sites (tertiary alicyclic amines) is 1. The Labute approximate surface area is 169 Å². The van der Waals surface area contributed by atoms with Crippen molar-refractivity contribution in [2.24, 2.45) is 12.0 Å². The van der Waals surface area contributed by atoms with Crippen LogP contribution >= 0.6 is 0 Å². The number of guanidine groups is 1. The van der Waals surface area contributed by atoms with E-state index in [1.54, 1.807) is 0 Å². The Morgan fingerprint density at radius 3 is 2.64 bits per heavy atom. The minimum absolute atomic E-state index is 0.302. The smallest absolute Gasteiger partial charge is 0.194 e. The highest BCUT2D eigenvalue weighted by atomic mass is 16.5. The number of nitrogens with one attached hydrogen (secondary N) is 1. The lowest BCUT2D eigenvalue weighted by Gasteiger charge is -2.35. The van der Waals surface area contributed by atoms with Gasteiger partial charge in [-0.05, 0) is 52.9 Å². The molecular formula is C21H37N5O2. The predicted molar refractivity (Wildman–Crippen MR) is 112 cm³/mol. The van der Waals surface area contributed by atoms with Gasteiger partial charge in [0.15, 0.2) is 5.96 Å². The normalized spacial score (nSPS) is 21.9. The fourth-order valence-electron chi connectivity index (χ4n) is 4.04. The molecule has 7 nitrogen and oxygen atoms in total. The molecule has 1 atom stereocenters. The van der Waals surface area contributed by atoms with Crippen molar-refractivity contribution in [3.8, 4) is 0 Å². The fourth-order valence-corrected chi connectivity index (χ4v) is 4.04. The Morgan fingerprint density at radius 2 is 2.04 bits per heavy atom. The second kappa shape index (κ2) is 10.3. The molecule has 0 bridgehead atoms. The molecule has 1 N–H and O–H groups in total. The SMILES string of the molecule is CCNC(=NCc1c(C)nn(C)c1C)N1CCC(OCC2CCCCO2)CC1. The lowest BCUT2D eigenvalue weighted by molar-refractivity contribution is -0.0721. The molecule has 7 heteroatoms. The second-order valence-corrected chi connectivity index (χ2v) is 7.95. The van der Waals surface area contributed by atoms with Gasteiger partial charge in [-0.25, -0.2) is 4.99 Å². The highest BCUT2D eigenvalue weighted by Gasteiger charge is 2.24. The first-order chi connectivity index (χ1) is 13.6. The van der Waals surface area contributed by atoms with E-state index in [1.165, 1.54) is 24.1 Å². The van der Waals surface area contributed by atoms with E-state index in [0.717, 1.165) is 63.8 Å². The molecular weight excluding hydrogens is 354 g/mol. The summed E-state index contributed by atoms with van der Waals surface area (Å²) in [7, 11) is 1.99. The molecule has 2 aliphatic heterocycles. The molecule has 0 saturated carbocycles. The van der Waals surface area contributed by atoms with Gasteiger partial charge >= 0.3 is 0 Å². The molecule has 2 fully saturated rings. The number of aromatic nitrogens is 2. The first kappa shape index (κ1) is 21.1. The van der Waals surface area contributed by atoms with Gasteiger partial charge in [-0.15, -0.1) is 0 Å². The number of ether oxygens (including phenoxy) is 2. The quantitative estimate of drug-likeness (QED) is 0.596. The minimum Gasteiger partial charge on any atom is -0.376 e. The van der Waals surface area contributed by atoms with E-state index in [4.69, 9.17) is 14.5 Å². The number of hydrogen-bond donors (Lipinski definition) is 1. The molecule has 1 aromatic rings. The topological polar surface area (TPSA) is 63.9 Å². The summed E-state index contributed by atoms with van der Waals surface area (Å²) in [5.41, 5.74) is 3.48. The first-order valence-electron chi connectivity index (χ1n) is 10.8. The van der Waals surface area contributed by atoms with Gasteiger partial charge in [-0.2, -0.15) is 5.10 Å². The lowest BCUT2D eigenvalue weighted by atomic mass is 10.1. The summed E-state index contributed by atoms with van der Waals surface area (Å²) in [4.78, 5) is 7.27. The highest BCUT2D eigenvalue weighted by molar-refractivity contribution is 5.80. The van der Waals surface area contributed by atoms with Crippen molar-refractivity contribution in [3.05, 3.63) is 17.0 Å². The van der Waals surface area contributed by atoms with Crippen LogP contribution in [0.25, 0.3) is 0 Å². The van der Waals surface area contributed by atoms with Crippen LogP contribution < -0.4 is 5.32 Å². The summed E-state index contributed by atoms with van der Waals surface area (Å²) >= 11 is 0.